The number of hydrogen-bond acceptors (Lipinski definition) is 3. The highest BCUT2D eigenvalue weighted by molar-refractivity contribution is 7.88. The van der Waals surface area contributed by atoms with Gasteiger partial charge in [-0.3, -0.25) is 4.79 Å². The normalized spacial score (nSPS) is 18.2. The lowest BCUT2D eigenvalue weighted by Crippen LogP contribution is -2.44. The van der Waals surface area contributed by atoms with Gasteiger partial charge in [-0.2, -0.15) is 0 Å². The standard InChI is InChI=1S/C19H20F2N2O3S/c20-16-8-9-18(17(21)11-16)22-19(24)15-7-4-10-23(12-15)27(25,26)13-14-5-2-1-3-6-14/h1-3,5-6,8-9,11,15H,4,7,10,12-13H2,(H,22,24)/t15-/m1/s1. The molecule has 1 fully saturated rings. The van der Waals surface area contributed by atoms with Crippen molar-refractivity contribution < 1.29 is 22.0 Å². The molecule has 144 valence electrons. The summed E-state index contributed by atoms with van der Waals surface area (Å²) < 4.78 is 53.3. The third-order valence-electron chi connectivity index (χ3n) is 4.53. The van der Waals surface area contributed by atoms with Gasteiger partial charge in [0.2, 0.25) is 15.9 Å². The molecule has 1 aliphatic rings. The fraction of sp³-hybridized carbons (Fsp3) is 0.316. The van der Waals surface area contributed by atoms with Crippen LogP contribution in [0.5, 0.6) is 0 Å². The second kappa shape index (κ2) is 8.14. The van der Waals surface area contributed by atoms with Crippen LogP contribution in [0.25, 0.3) is 0 Å². The van der Waals surface area contributed by atoms with Crippen molar-refractivity contribution in [2.24, 2.45) is 5.92 Å². The quantitative estimate of drug-likeness (QED) is 0.847. The molecule has 8 heteroatoms. The van der Waals surface area contributed by atoms with Crippen molar-refractivity contribution >= 4 is 21.6 Å². The molecule has 0 saturated carbocycles. The van der Waals surface area contributed by atoms with E-state index in [1.807, 2.05) is 6.07 Å². The highest BCUT2D eigenvalue weighted by Crippen LogP contribution is 2.24. The fourth-order valence-electron chi connectivity index (χ4n) is 3.11. The van der Waals surface area contributed by atoms with E-state index < -0.39 is 33.5 Å². The summed E-state index contributed by atoms with van der Waals surface area (Å²) in [5.74, 6) is -2.79. The molecule has 1 heterocycles. The van der Waals surface area contributed by atoms with E-state index >= 15 is 0 Å². The third kappa shape index (κ3) is 4.90. The number of hydrogen-bond donors (Lipinski definition) is 1. The van der Waals surface area contributed by atoms with Gasteiger partial charge >= 0.3 is 0 Å². The molecule has 0 aromatic heterocycles. The maximum absolute atomic E-state index is 13.7. The van der Waals surface area contributed by atoms with Gasteiger partial charge in [-0.1, -0.05) is 30.3 Å². The summed E-state index contributed by atoms with van der Waals surface area (Å²) >= 11 is 0. The van der Waals surface area contributed by atoms with E-state index in [0.717, 1.165) is 12.1 Å². The highest BCUT2D eigenvalue weighted by Gasteiger charge is 2.32. The first kappa shape index (κ1) is 19.4. The van der Waals surface area contributed by atoms with Gasteiger partial charge in [-0.05, 0) is 30.5 Å². The number of rotatable bonds is 5. The van der Waals surface area contributed by atoms with E-state index in [2.05, 4.69) is 5.32 Å². The highest BCUT2D eigenvalue weighted by atomic mass is 32.2. The Morgan fingerprint density at radius 3 is 2.59 bits per heavy atom. The van der Waals surface area contributed by atoms with Gasteiger partial charge in [-0.25, -0.2) is 21.5 Å². The van der Waals surface area contributed by atoms with Crippen LogP contribution in [-0.4, -0.2) is 31.7 Å². The summed E-state index contributed by atoms with van der Waals surface area (Å²) in [7, 11) is -3.56. The minimum absolute atomic E-state index is 0.0455. The predicted octanol–water partition coefficient (Wildman–Crippen LogP) is 3.15. The van der Waals surface area contributed by atoms with E-state index in [-0.39, 0.29) is 18.0 Å². The third-order valence-corrected chi connectivity index (χ3v) is 6.35. The zero-order valence-corrected chi connectivity index (χ0v) is 15.4. The topological polar surface area (TPSA) is 66.5 Å². The van der Waals surface area contributed by atoms with E-state index in [0.29, 0.717) is 31.0 Å². The van der Waals surface area contributed by atoms with E-state index in [1.54, 1.807) is 24.3 Å². The maximum atomic E-state index is 13.7. The van der Waals surface area contributed by atoms with E-state index in [4.69, 9.17) is 0 Å². The molecule has 1 atom stereocenters. The maximum Gasteiger partial charge on any atom is 0.228 e. The Hall–Kier alpha value is -2.32. The van der Waals surface area contributed by atoms with Crippen molar-refractivity contribution in [3.63, 3.8) is 0 Å². The smallest absolute Gasteiger partial charge is 0.228 e. The number of amides is 1. The number of piperidine rings is 1. The Bertz CT molecular complexity index is 920. The number of anilines is 1. The molecule has 27 heavy (non-hydrogen) atoms. The van der Waals surface area contributed by atoms with Gasteiger partial charge in [0.05, 0.1) is 17.4 Å². The summed E-state index contributed by atoms with van der Waals surface area (Å²) in [6.07, 6.45) is 1.05. The van der Waals surface area contributed by atoms with Gasteiger partial charge in [0.15, 0.2) is 0 Å². The SMILES string of the molecule is O=C(Nc1ccc(F)cc1F)[C@@H]1CCCN(S(=O)(=O)Cc2ccccc2)C1. The predicted molar refractivity (Wildman–Crippen MR) is 98.4 cm³/mol. The molecule has 3 rings (SSSR count). The zero-order chi connectivity index (χ0) is 19.4. The Balaban J connectivity index is 1.67. The van der Waals surface area contributed by atoms with Gasteiger partial charge < -0.3 is 5.32 Å². The average molecular weight is 394 g/mol. The Labute approximate surface area is 157 Å². The molecule has 0 bridgehead atoms. The largest absolute Gasteiger partial charge is 0.323 e. The first-order valence-electron chi connectivity index (χ1n) is 8.63. The van der Waals surface area contributed by atoms with Crippen LogP contribution in [0.4, 0.5) is 14.5 Å². The van der Waals surface area contributed by atoms with Crippen molar-refractivity contribution in [3.8, 4) is 0 Å². The van der Waals surface area contributed by atoms with Gasteiger partial charge in [-0.15, -0.1) is 0 Å². The van der Waals surface area contributed by atoms with E-state index in [1.165, 1.54) is 4.31 Å². The first-order chi connectivity index (χ1) is 12.8. The summed E-state index contributed by atoms with van der Waals surface area (Å²) in [6.45, 7) is 0.396. The van der Waals surface area contributed by atoms with Crippen molar-refractivity contribution in [3.05, 3.63) is 65.7 Å². The number of nitrogens with one attached hydrogen (secondary N) is 1. The zero-order valence-electron chi connectivity index (χ0n) is 14.6. The Kier molecular flexibility index (Phi) is 5.86. The van der Waals surface area contributed by atoms with Crippen LogP contribution >= 0.6 is 0 Å². The van der Waals surface area contributed by atoms with Crippen molar-refractivity contribution in [2.45, 2.75) is 18.6 Å². The minimum atomic E-state index is -3.56. The molecule has 1 aliphatic heterocycles. The van der Waals surface area contributed by atoms with Gasteiger partial charge in [0.25, 0.3) is 0 Å². The first-order valence-corrected chi connectivity index (χ1v) is 10.2. The summed E-state index contributed by atoms with van der Waals surface area (Å²) in [5, 5.41) is 2.43. The number of sulfonamides is 1. The number of carbonyl (C=O) groups excluding carboxylic acids is 1. The summed E-state index contributed by atoms with van der Waals surface area (Å²) in [4.78, 5) is 12.4. The van der Waals surface area contributed by atoms with Gasteiger partial charge in [0, 0.05) is 19.2 Å². The lowest BCUT2D eigenvalue weighted by Gasteiger charge is -2.31. The monoisotopic (exact) mass is 394 g/mol. The fourth-order valence-corrected chi connectivity index (χ4v) is 4.72. The van der Waals surface area contributed by atoms with Crippen LogP contribution in [0, 0.1) is 17.6 Å². The average Bonchev–Trinajstić information content (AvgIpc) is 2.64. The Morgan fingerprint density at radius 1 is 1.15 bits per heavy atom. The lowest BCUT2D eigenvalue weighted by molar-refractivity contribution is -0.120. The second-order valence-corrected chi connectivity index (χ2v) is 8.52. The molecule has 5 nitrogen and oxygen atoms in total. The molecule has 0 spiro atoms. The molecule has 0 radical (unpaired) electrons. The van der Waals surface area contributed by atoms with Crippen LogP contribution in [0.15, 0.2) is 48.5 Å². The molecule has 1 N–H and O–H groups in total. The van der Waals surface area contributed by atoms with Crippen molar-refractivity contribution in [1.82, 2.24) is 4.31 Å². The number of halogens is 2. The molecule has 2 aromatic rings. The molecule has 1 saturated heterocycles. The molecule has 2 aromatic carbocycles. The van der Waals surface area contributed by atoms with Crippen LogP contribution in [-0.2, 0) is 20.6 Å². The van der Waals surface area contributed by atoms with E-state index in [9.17, 15) is 22.0 Å². The Morgan fingerprint density at radius 2 is 1.89 bits per heavy atom. The minimum Gasteiger partial charge on any atom is -0.323 e. The number of benzene rings is 2. The van der Waals surface area contributed by atoms with Crippen LogP contribution in [0.3, 0.4) is 0 Å². The summed E-state index contributed by atoms with van der Waals surface area (Å²) in [5.41, 5.74) is 0.558. The molecular formula is C19H20F2N2O3S. The number of nitrogens with zero attached hydrogens (tertiary/aromatic N) is 1. The van der Waals surface area contributed by atoms with Crippen LogP contribution < -0.4 is 5.32 Å². The van der Waals surface area contributed by atoms with Crippen LogP contribution in [0.2, 0.25) is 0 Å². The van der Waals surface area contributed by atoms with Gasteiger partial charge in [0.1, 0.15) is 11.6 Å². The van der Waals surface area contributed by atoms with Crippen LogP contribution in [0.1, 0.15) is 18.4 Å². The summed E-state index contributed by atoms with van der Waals surface area (Å²) in [6, 6.07) is 11.7. The van der Waals surface area contributed by atoms with Crippen molar-refractivity contribution in [1.29, 1.82) is 0 Å². The molecule has 0 unspecified atom stereocenters. The second-order valence-electron chi connectivity index (χ2n) is 6.55. The molecular weight excluding hydrogens is 374 g/mol. The molecule has 1 amide bonds. The lowest BCUT2D eigenvalue weighted by atomic mass is 9.98. The number of carbonyl (C=O) groups is 1. The molecule has 0 aliphatic carbocycles. The van der Waals surface area contributed by atoms with Crippen molar-refractivity contribution in [2.75, 3.05) is 18.4 Å².